The summed E-state index contributed by atoms with van der Waals surface area (Å²) in [5.74, 6) is 0. The van der Waals surface area contributed by atoms with Crippen molar-refractivity contribution >= 4 is 0 Å². The minimum absolute atomic E-state index is 0.317. The van der Waals surface area contributed by atoms with E-state index < -0.39 is 6.10 Å². The van der Waals surface area contributed by atoms with E-state index in [0.29, 0.717) is 12.6 Å². The molecule has 0 bridgehead atoms. The molecule has 0 saturated heterocycles. The quantitative estimate of drug-likeness (QED) is 0.806. The average Bonchev–Trinajstić information content (AvgIpc) is 2.96. The molecule has 0 aliphatic heterocycles. The summed E-state index contributed by atoms with van der Waals surface area (Å²) in [5.41, 5.74) is 2.11. The number of aryl methyl sites for hydroxylation is 2. The van der Waals surface area contributed by atoms with E-state index in [2.05, 4.69) is 22.3 Å². The third-order valence-corrected chi connectivity index (χ3v) is 3.46. The smallest absolute Gasteiger partial charge is 0.137 e. The zero-order valence-electron chi connectivity index (χ0n) is 12.0. The van der Waals surface area contributed by atoms with Gasteiger partial charge in [0.15, 0.2) is 0 Å². The lowest BCUT2D eigenvalue weighted by atomic mass is 10.0. The largest absolute Gasteiger partial charge is 0.387 e. The van der Waals surface area contributed by atoms with E-state index in [1.807, 2.05) is 35.9 Å². The molecule has 0 spiro atoms. The number of aliphatic hydroxyl groups is 1. The van der Waals surface area contributed by atoms with Gasteiger partial charge in [-0.1, -0.05) is 24.3 Å². The molecule has 20 heavy (non-hydrogen) atoms. The summed E-state index contributed by atoms with van der Waals surface area (Å²) in [6.07, 6.45) is 3.74. The van der Waals surface area contributed by atoms with E-state index in [0.717, 1.165) is 24.1 Å². The molecule has 5 heteroatoms. The van der Waals surface area contributed by atoms with E-state index >= 15 is 0 Å². The van der Waals surface area contributed by atoms with Crippen molar-refractivity contribution in [2.45, 2.75) is 39.0 Å². The highest BCUT2D eigenvalue weighted by atomic mass is 16.3. The Kier molecular flexibility index (Phi) is 5.26. The average molecular weight is 274 g/mol. The van der Waals surface area contributed by atoms with Gasteiger partial charge in [-0.15, -0.1) is 0 Å². The molecule has 1 aromatic heterocycles. The Morgan fingerprint density at radius 3 is 2.85 bits per heavy atom. The maximum atomic E-state index is 10.2. The van der Waals surface area contributed by atoms with Crippen molar-refractivity contribution in [2.24, 2.45) is 0 Å². The Morgan fingerprint density at radius 1 is 1.35 bits per heavy atom. The first-order valence-electron chi connectivity index (χ1n) is 6.96. The minimum Gasteiger partial charge on any atom is -0.387 e. The second-order valence-electron chi connectivity index (χ2n) is 5.13. The molecule has 2 atom stereocenters. The monoisotopic (exact) mass is 274 g/mol. The summed E-state index contributed by atoms with van der Waals surface area (Å²) in [6, 6.07) is 8.26. The summed E-state index contributed by atoms with van der Waals surface area (Å²) < 4.78 is 1.82. The lowest BCUT2D eigenvalue weighted by Gasteiger charge is -2.18. The molecule has 1 aromatic carbocycles. The summed E-state index contributed by atoms with van der Waals surface area (Å²) in [4.78, 5) is 3.92. The Hall–Kier alpha value is -1.72. The fraction of sp³-hybridized carbons (Fsp3) is 0.467. The highest BCUT2D eigenvalue weighted by Crippen LogP contribution is 2.16. The third kappa shape index (κ3) is 4.15. The first-order chi connectivity index (χ1) is 9.66. The summed E-state index contributed by atoms with van der Waals surface area (Å²) in [5, 5.41) is 17.6. The van der Waals surface area contributed by atoms with Crippen LogP contribution in [0.2, 0.25) is 0 Å². The molecule has 2 N–H and O–H groups in total. The first kappa shape index (κ1) is 14.7. The Morgan fingerprint density at radius 2 is 2.15 bits per heavy atom. The predicted octanol–water partition coefficient (Wildman–Crippen LogP) is 1.69. The molecular weight excluding hydrogens is 252 g/mol. The normalized spacial score (nSPS) is 14.2. The van der Waals surface area contributed by atoms with Crippen LogP contribution < -0.4 is 5.32 Å². The van der Waals surface area contributed by atoms with Crippen LogP contribution in [-0.4, -0.2) is 32.5 Å². The van der Waals surface area contributed by atoms with Gasteiger partial charge in [-0.3, -0.25) is 4.68 Å². The van der Waals surface area contributed by atoms with Gasteiger partial charge in [0, 0.05) is 19.1 Å². The van der Waals surface area contributed by atoms with Crippen LogP contribution in [0, 0.1) is 6.92 Å². The van der Waals surface area contributed by atoms with Crippen molar-refractivity contribution < 1.29 is 5.11 Å². The van der Waals surface area contributed by atoms with Gasteiger partial charge in [-0.05, 0) is 31.4 Å². The van der Waals surface area contributed by atoms with Crippen molar-refractivity contribution in [3.05, 3.63) is 48.0 Å². The van der Waals surface area contributed by atoms with E-state index in [-0.39, 0.29) is 0 Å². The lowest BCUT2D eigenvalue weighted by Crippen LogP contribution is -2.31. The topological polar surface area (TPSA) is 63.0 Å². The van der Waals surface area contributed by atoms with Gasteiger partial charge in [0.05, 0.1) is 6.10 Å². The summed E-state index contributed by atoms with van der Waals surface area (Å²) in [6.45, 7) is 5.52. The van der Waals surface area contributed by atoms with Crippen LogP contribution in [0.5, 0.6) is 0 Å². The second-order valence-corrected chi connectivity index (χ2v) is 5.13. The van der Waals surface area contributed by atoms with Crippen molar-refractivity contribution in [1.29, 1.82) is 0 Å². The molecule has 2 aromatic rings. The van der Waals surface area contributed by atoms with Crippen LogP contribution in [0.1, 0.15) is 30.6 Å². The zero-order valence-corrected chi connectivity index (χ0v) is 12.0. The number of aromatic nitrogens is 3. The summed E-state index contributed by atoms with van der Waals surface area (Å²) in [7, 11) is 0. The molecule has 0 radical (unpaired) electrons. The number of hydrogen-bond acceptors (Lipinski definition) is 4. The fourth-order valence-electron chi connectivity index (χ4n) is 2.16. The molecule has 5 nitrogen and oxygen atoms in total. The van der Waals surface area contributed by atoms with Crippen LogP contribution in [0.15, 0.2) is 36.9 Å². The van der Waals surface area contributed by atoms with Gasteiger partial charge in [-0.25, -0.2) is 4.98 Å². The predicted molar refractivity (Wildman–Crippen MR) is 78.2 cm³/mol. The van der Waals surface area contributed by atoms with Gasteiger partial charge in [-0.2, -0.15) is 5.10 Å². The molecule has 2 rings (SSSR count). The first-order valence-corrected chi connectivity index (χ1v) is 6.96. The molecule has 2 unspecified atom stereocenters. The van der Waals surface area contributed by atoms with Gasteiger partial charge in [0.25, 0.3) is 0 Å². The number of nitrogens with one attached hydrogen (secondary N) is 1. The second kappa shape index (κ2) is 7.17. The SMILES string of the molecule is Cc1ccccc1C(O)CNC(C)CCn1cncn1. The van der Waals surface area contributed by atoms with Gasteiger partial charge in [0.2, 0.25) is 0 Å². The van der Waals surface area contributed by atoms with E-state index in [1.165, 1.54) is 0 Å². The molecule has 0 saturated carbocycles. The summed E-state index contributed by atoms with van der Waals surface area (Å²) >= 11 is 0. The Balaban J connectivity index is 1.75. The standard InChI is InChI=1S/C15H22N4O/c1-12-5-3-4-6-14(12)15(20)9-17-13(2)7-8-19-11-16-10-18-19/h3-6,10-11,13,15,17,20H,7-9H2,1-2H3. The number of benzene rings is 1. The number of aliphatic hydroxyl groups excluding tert-OH is 1. The van der Waals surface area contributed by atoms with E-state index in [4.69, 9.17) is 0 Å². The highest BCUT2D eigenvalue weighted by Gasteiger charge is 2.11. The number of hydrogen-bond donors (Lipinski definition) is 2. The fourth-order valence-corrected chi connectivity index (χ4v) is 2.16. The molecule has 0 aliphatic carbocycles. The lowest BCUT2D eigenvalue weighted by molar-refractivity contribution is 0.169. The maximum absolute atomic E-state index is 10.2. The molecule has 0 fully saturated rings. The van der Waals surface area contributed by atoms with Crippen LogP contribution in [0.25, 0.3) is 0 Å². The highest BCUT2D eigenvalue weighted by molar-refractivity contribution is 5.27. The van der Waals surface area contributed by atoms with Gasteiger partial charge >= 0.3 is 0 Å². The van der Waals surface area contributed by atoms with E-state index in [9.17, 15) is 5.11 Å². The van der Waals surface area contributed by atoms with Crippen LogP contribution in [-0.2, 0) is 6.54 Å². The maximum Gasteiger partial charge on any atom is 0.137 e. The van der Waals surface area contributed by atoms with Gasteiger partial charge < -0.3 is 10.4 Å². The molecule has 1 heterocycles. The van der Waals surface area contributed by atoms with E-state index in [1.54, 1.807) is 12.7 Å². The molecule has 108 valence electrons. The Bertz CT molecular complexity index is 512. The van der Waals surface area contributed by atoms with Crippen molar-refractivity contribution in [3.63, 3.8) is 0 Å². The third-order valence-electron chi connectivity index (χ3n) is 3.46. The minimum atomic E-state index is -0.468. The van der Waals surface area contributed by atoms with Crippen LogP contribution in [0.3, 0.4) is 0 Å². The number of rotatable bonds is 7. The number of nitrogens with zero attached hydrogens (tertiary/aromatic N) is 3. The van der Waals surface area contributed by atoms with Crippen molar-refractivity contribution in [2.75, 3.05) is 6.54 Å². The van der Waals surface area contributed by atoms with Crippen molar-refractivity contribution in [1.82, 2.24) is 20.1 Å². The molecule has 0 aliphatic rings. The molecule has 0 amide bonds. The van der Waals surface area contributed by atoms with Crippen LogP contribution >= 0.6 is 0 Å². The Labute approximate surface area is 119 Å². The van der Waals surface area contributed by atoms with Crippen molar-refractivity contribution in [3.8, 4) is 0 Å². The van der Waals surface area contributed by atoms with Crippen LogP contribution in [0.4, 0.5) is 0 Å². The molecular formula is C15H22N4O. The zero-order chi connectivity index (χ0) is 14.4. The van der Waals surface area contributed by atoms with Gasteiger partial charge in [0.1, 0.15) is 12.7 Å².